The van der Waals surface area contributed by atoms with Crippen molar-refractivity contribution in [2.24, 2.45) is 0 Å². The summed E-state index contributed by atoms with van der Waals surface area (Å²) in [7, 11) is 1.59. The summed E-state index contributed by atoms with van der Waals surface area (Å²) in [5, 5.41) is 0. The Bertz CT molecular complexity index is 384. The molecule has 3 heteroatoms. The Labute approximate surface area is 105 Å². The third kappa shape index (κ3) is 2.85. The Hall–Kier alpha value is -0.830. The molecular weight excluding hydrogens is 268 g/mol. The normalized spacial score (nSPS) is 12.6. The molecule has 0 aliphatic heterocycles. The lowest BCUT2D eigenvalue weighted by atomic mass is 9.99. The largest absolute Gasteiger partial charge is 0.496 e. The summed E-state index contributed by atoms with van der Waals surface area (Å²) in [6, 6.07) is 5.76. The van der Waals surface area contributed by atoms with Crippen molar-refractivity contribution in [1.82, 2.24) is 0 Å². The van der Waals surface area contributed by atoms with Gasteiger partial charge in [0.2, 0.25) is 0 Å². The molecule has 0 aliphatic carbocycles. The number of benzene rings is 1. The highest BCUT2D eigenvalue weighted by Gasteiger charge is 2.17. The molecule has 0 N–H and O–H groups in total. The summed E-state index contributed by atoms with van der Waals surface area (Å²) in [4.78, 5) is 11.7. The lowest BCUT2D eigenvalue weighted by molar-refractivity contribution is 0.0993. The zero-order valence-electron chi connectivity index (χ0n) is 10.1. The summed E-state index contributed by atoms with van der Waals surface area (Å²) in [5.74, 6) is 1.13. The minimum absolute atomic E-state index is 0.0483. The van der Waals surface area contributed by atoms with E-state index < -0.39 is 0 Å². The number of carbonyl (C=O) groups is 1. The van der Waals surface area contributed by atoms with Crippen LogP contribution in [-0.4, -0.2) is 17.7 Å². The Morgan fingerprint density at radius 1 is 1.31 bits per heavy atom. The van der Waals surface area contributed by atoms with Gasteiger partial charge in [-0.3, -0.25) is 4.79 Å². The lowest BCUT2D eigenvalue weighted by Gasteiger charge is -2.12. The van der Waals surface area contributed by atoms with Crippen molar-refractivity contribution in [3.63, 3.8) is 0 Å². The molecule has 16 heavy (non-hydrogen) atoms. The van der Waals surface area contributed by atoms with Crippen LogP contribution in [0.15, 0.2) is 18.2 Å². The molecule has 0 fully saturated rings. The smallest absolute Gasteiger partial charge is 0.179 e. The van der Waals surface area contributed by atoms with E-state index in [1.807, 2.05) is 25.1 Å². The Morgan fingerprint density at radius 3 is 2.38 bits per heavy atom. The van der Waals surface area contributed by atoms with Crippen molar-refractivity contribution in [3.8, 4) is 5.75 Å². The molecule has 1 aromatic rings. The van der Waals surface area contributed by atoms with E-state index in [1.54, 1.807) is 7.11 Å². The molecular formula is C13H17BrO2. The summed E-state index contributed by atoms with van der Waals surface area (Å²) in [5.41, 5.74) is 1.81. The van der Waals surface area contributed by atoms with Crippen molar-refractivity contribution in [2.45, 2.75) is 31.5 Å². The molecule has 0 spiro atoms. The van der Waals surface area contributed by atoms with Crippen molar-refractivity contribution in [1.29, 1.82) is 0 Å². The van der Waals surface area contributed by atoms with E-state index in [0.29, 0.717) is 17.2 Å². The fraction of sp³-hybridized carbons (Fsp3) is 0.462. The topological polar surface area (TPSA) is 26.3 Å². The van der Waals surface area contributed by atoms with Gasteiger partial charge in [0.1, 0.15) is 5.75 Å². The van der Waals surface area contributed by atoms with Crippen LogP contribution in [0.3, 0.4) is 0 Å². The zero-order chi connectivity index (χ0) is 12.3. The first kappa shape index (κ1) is 13.2. The van der Waals surface area contributed by atoms with Gasteiger partial charge in [0, 0.05) is 0 Å². The second-order valence-electron chi connectivity index (χ2n) is 4.09. The van der Waals surface area contributed by atoms with Crippen molar-refractivity contribution >= 4 is 21.7 Å². The highest BCUT2D eigenvalue weighted by molar-refractivity contribution is 9.10. The highest BCUT2D eigenvalue weighted by Crippen LogP contribution is 2.26. The molecule has 0 heterocycles. The molecule has 0 aliphatic rings. The van der Waals surface area contributed by atoms with E-state index in [0.717, 1.165) is 0 Å². The summed E-state index contributed by atoms with van der Waals surface area (Å²) >= 11 is 3.28. The van der Waals surface area contributed by atoms with Crippen LogP contribution >= 0.6 is 15.9 Å². The Kier molecular flexibility index (Phi) is 4.54. The summed E-state index contributed by atoms with van der Waals surface area (Å²) in [6.07, 6.45) is 0. The van der Waals surface area contributed by atoms with Gasteiger partial charge in [0.05, 0.1) is 17.5 Å². The van der Waals surface area contributed by atoms with Crippen LogP contribution < -0.4 is 4.74 Å². The number of alkyl halides is 1. The number of hydrogen-bond donors (Lipinski definition) is 0. The van der Waals surface area contributed by atoms with Gasteiger partial charge in [-0.2, -0.15) is 0 Å². The van der Waals surface area contributed by atoms with E-state index in [2.05, 4.69) is 29.8 Å². The van der Waals surface area contributed by atoms with Crippen LogP contribution in [0.2, 0.25) is 0 Å². The molecule has 0 amide bonds. The third-order valence-electron chi connectivity index (χ3n) is 2.52. The van der Waals surface area contributed by atoms with Crippen LogP contribution in [-0.2, 0) is 0 Å². The first-order valence-corrected chi connectivity index (χ1v) is 6.25. The molecule has 1 rings (SSSR count). The summed E-state index contributed by atoms with van der Waals surface area (Å²) < 4.78 is 5.27. The van der Waals surface area contributed by atoms with Crippen molar-refractivity contribution in [2.75, 3.05) is 7.11 Å². The van der Waals surface area contributed by atoms with Gasteiger partial charge < -0.3 is 4.74 Å². The van der Waals surface area contributed by atoms with Gasteiger partial charge in [0.15, 0.2) is 5.78 Å². The number of ether oxygens (including phenoxy) is 1. The second kappa shape index (κ2) is 5.48. The van der Waals surface area contributed by atoms with Crippen molar-refractivity contribution in [3.05, 3.63) is 29.3 Å². The average Bonchev–Trinajstić information content (AvgIpc) is 2.26. The van der Waals surface area contributed by atoms with Crippen LogP contribution in [0.5, 0.6) is 5.75 Å². The number of hydrogen-bond acceptors (Lipinski definition) is 2. The minimum Gasteiger partial charge on any atom is -0.496 e. The summed E-state index contributed by atoms with van der Waals surface area (Å²) in [6.45, 7) is 6.05. The molecule has 0 saturated carbocycles. The first-order chi connectivity index (χ1) is 7.47. The van der Waals surface area contributed by atoms with Crippen LogP contribution in [0, 0.1) is 0 Å². The van der Waals surface area contributed by atoms with Crippen LogP contribution in [0.1, 0.15) is 42.6 Å². The standard InChI is InChI=1S/C13H17BrO2/c1-8(2)10-5-6-11(12(7-10)16-4)13(15)9(3)14/h5-9H,1-4H3. The second-order valence-corrected chi connectivity index (χ2v) is 5.47. The Balaban J connectivity index is 3.17. The third-order valence-corrected chi connectivity index (χ3v) is 2.93. The number of ketones is 1. The molecule has 1 unspecified atom stereocenters. The maximum absolute atomic E-state index is 11.9. The number of rotatable bonds is 4. The van der Waals surface area contributed by atoms with Crippen molar-refractivity contribution < 1.29 is 9.53 Å². The highest BCUT2D eigenvalue weighted by atomic mass is 79.9. The average molecular weight is 285 g/mol. The predicted octanol–water partition coefficient (Wildman–Crippen LogP) is 3.78. The van der Waals surface area contributed by atoms with Crippen LogP contribution in [0.25, 0.3) is 0 Å². The minimum atomic E-state index is -0.189. The van der Waals surface area contributed by atoms with Gasteiger partial charge in [-0.05, 0) is 30.5 Å². The van der Waals surface area contributed by atoms with E-state index in [9.17, 15) is 4.79 Å². The molecule has 2 nitrogen and oxygen atoms in total. The van der Waals surface area contributed by atoms with E-state index in [4.69, 9.17) is 4.74 Å². The van der Waals surface area contributed by atoms with E-state index in [1.165, 1.54) is 5.56 Å². The lowest BCUT2D eigenvalue weighted by Crippen LogP contribution is -2.11. The molecule has 0 bridgehead atoms. The zero-order valence-corrected chi connectivity index (χ0v) is 11.7. The number of carbonyl (C=O) groups excluding carboxylic acids is 1. The molecule has 1 atom stereocenters. The molecule has 0 saturated heterocycles. The fourth-order valence-electron chi connectivity index (χ4n) is 1.48. The van der Waals surface area contributed by atoms with Gasteiger partial charge in [-0.15, -0.1) is 0 Å². The van der Waals surface area contributed by atoms with Gasteiger partial charge in [0.25, 0.3) is 0 Å². The van der Waals surface area contributed by atoms with Gasteiger partial charge >= 0.3 is 0 Å². The number of halogens is 1. The molecule has 0 aromatic heterocycles. The molecule has 1 aromatic carbocycles. The monoisotopic (exact) mass is 284 g/mol. The SMILES string of the molecule is COc1cc(C(C)C)ccc1C(=O)C(C)Br. The maximum Gasteiger partial charge on any atom is 0.179 e. The predicted molar refractivity (Wildman–Crippen MR) is 69.8 cm³/mol. The quantitative estimate of drug-likeness (QED) is 0.621. The number of Topliss-reactive ketones (excluding diaryl/α,β-unsaturated/α-hetero) is 1. The van der Waals surface area contributed by atoms with E-state index in [-0.39, 0.29) is 10.6 Å². The Morgan fingerprint density at radius 2 is 1.94 bits per heavy atom. The molecule has 88 valence electrons. The fourth-order valence-corrected chi connectivity index (χ4v) is 1.73. The van der Waals surface area contributed by atoms with Crippen LogP contribution in [0.4, 0.5) is 0 Å². The number of methoxy groups -OCH3 is 1. The molecule has 0 radical (unpaired) electrons. The maximum atomic E-state index is 11.9. The first-order valence-electron chi connectivity index (χ1n) is 5.33. The van der Waals surface area contributed by atoms with Gasteiger partial charge in [-0.25, -0.2) is 0 Å². The van der Waals surface area contributed by atoms with E-state index >= 15 is 0 Å². The van der Waals surface area contributed by atoms with Gasteiger partial charge in [-0.1, -0.05) is 35.8 Å².